The summed E-state index contributed by atoms with van der Waals surface area (Å²) in [4.78, 5) is 8.03. The van der Waals surface area contributed by atoms with E-state index in [0.717, 1.165) is 28.9 Å². The first kappa shape index (κ1) is 21.6. The number of rotatable bonds is 5. The van der Waals surface area contributed by atoms with Gasteiger partial charge in [-0.3, -0.25) is 0 Å². The van der Waals surface area contributed by atoms with Crippen LogP contribution in [0.5, 0.6) is 0 Å². The Morgan fingerprint density at radius 3 is 2.48 bits per heavy atom. The van der Waals surface area contributed by atoms with E-state index in [-0.39, 0.29) is 6.04 Å². The van der Waals surface area contributed by atoms with Crippen molar-refractivity contribution in [2.24, 2.45) is 0 Å². The van der Waals surface area contributed by atoms with Crippen LogP contribution in [-0.4, -0.2) is 33.0 Å². The monoisotopic (exact) mass is 450 g/mol. The molecule has 7 heteroatoms. The van der Waals surface area contributed by atoms with Gasteiger partial charge in [0.25, 0.3) is 5.89 Å². The highest BCUT2D eigenvalue weighted by Crippen LogP contribution is 2.37. The minimum atomic E-state index is -0.151. The van der Waals surface area contributed by atoms with Gasteiger partial charge in [-0.25, -0.2) is 0 Å². The summed E-state index contributed by atoms with van der Waals surface area (Å²) in [5.74, 6) is 1.09. The van der Waals surface area contributed by atoms with Gasteiger partial charge in [0, 0.05) is 22.7 Å². The molecule has 1 atom stereocenters. The Labute approximate surface area is 192 Å². The third-order valence-electron chi connectivity index (χ3n) is 5.78. The van der Waals surface area contributed by atoms with Gasteiger partial charge in [0.05, 0.1) is 11.6 Å². The lowest BCUT2D eigenvalue weighted by atomic mass is 9.92. The van der Waals surface area contributed by atoms with Crippen molar-refractivity contribution in [3.05, 3.63) is 70.7 Å². The molecular weight excluding hydrogens is 424 g/mol. The van der Waals surface area contributed by atoms with Crippen LogP contribution in [0.15, 0.2) is 57.6 Å². The molecular formula is C24H26N4OS2. The quantitative estimate of drug-likeness (QED) is 0.392. The molecule has 3 aromatic rings. The normalized spacial score (nSPS) is 16.6. The molecule has 0 bridgehead atoms. The second-order valence-electron chi connectivity index (χ2n) is 7.62. The van der Waals surface area contributed by atoms with Crippen LogP contribution in [0.1, 0.15) is 42.5 Å². The fraction of sp³-hybridized carbons (Fsp3) is 0.292. The van der Waals surface area contributed by atoms with Crippen molar-refractivity contribution in [3.8, 4) is 11.4 Å². The fourth-order valence-electron chi connectivity index (χ4n) is 3.82. The summed E-state index contributed by atoms with van der Waals surface area (Å²) in [7, 11) is 0. The van der Waals surface area contributed by atoms with Crippen molar-refractivity contribution < 1.29 is 4.52 Å². The largest absolute Gasteiger partial charge is 0.351 e. The first-order valence-corrected chi connectivity index (χ1v) is 11.9. The average Bonchev–Trinajstić information content (AvgIpc) is 3.25. The molecule has 0 saturated heterocycles. The average molecular weight is 451 g/mol. The van der Waals surface area contributed by atoms with Gasteiger partial charge in [0.1, 0.15) is 0 Å². The predicted molar refractivity (Wildman–Crippen MR) is 131 cm³/mol. The topological polar surface area (TPSA) is 54.2 Å². The van der Waals surface area contributed by atoms with Crippen molar-refractivity contribution in [1.29, 1.82) is 0 Å². The summed E-state index contributed by atoms with van der Waals surface area (Å²) in [5, 5.41) is 8.48. The van der Waals surface area contributed by atoms with E-state index in [9.17, 15) is 0 Å². The van der Waals surface area contributed by atoms with Crippen molar-refractivity contribution in [2.45, 2.75) is 38.6 Å². The molecule has 0 saturated carbocycles. The molecule has 0 amide bonds. The van der Waals surface area contributed by atoms with Crippen LogP contribution in [-0.2, 0) is 0 Å². The van der Waals surface area contributed by atoms with Crippen molar-refractivity contribution >= 4 is 34.7 Å². The highest BCUT2D eigenvalue weighted by atomic mass is 32.2. The maximum absolute atomic E-state index is 5.79. The van der Waals surface area contributed by atoms with E-state index < -0.39 is 0 Å². The summed E-state index contributed by atoms with van der Waals surface area (Å²) in [6, 6.07) is 14.5. The molecule has 160 valence electrons. The third kappa shape index (κ3) is 4.12. The third-order valence-corrected chi connectivity index (χ3v) is 6.86. The van der Waals surface area contributed by atoms with Crippen LogP contribution in [0.4, 0.5) is 0 Å². The molecule has 0 fully saturated rings. The van der Waals surface area contributed by atoms with Crippen molar-refractivity contribution in [1.82, 2.24) is 20.4 Å². The summed E-state index contributed by atoms with van der Waals surface area (Å²) in [6.45, 7) is 9.15. The summed E-state index contributed by atoms with van der Waals surface area (Å²) >= 11 is 7.37. The Bertz CT molecular complexity index is 1150. The number of hydrogen-bond donors (Lipinski definition) is 1. The molecule has 1 aliphatic heterocycles. The number of aromatic nitrogens is 2. The van der Waals surface area contributed by atoms with Crippen LogP contribution < -0.4 is 5.32 Å². The zero-order chi connectivity index (χ0) is 22.1. The van der Waals surface area contributed by atoms with E-state index in [2.05, 4.69) is 79.7 Å². The number of hydrogen-bond acceptors (Lipinski definition) is 5. The van der Waals surface area contributed by atoms with Gasteiger partial charge in [-0.2, -0.15) is 4.98 Å². The molecule has 1 aromatic heterocycles. The maximum atomic E-state index is 5.79. The smallest absolute Gasteiger partial charge is 0.258 e. The van der Waals surface area contributed by atoms with E-state index in [4.69, 9.17) is 21.7 Å². The Balaban J connectivity index is 1.79. The predicted octanol–water partition coefficient (Wildman–Crippen LogP) is 5.76. The molecule has 31 heavy (non-hydrogen) atoms. The molecule has 5 nitrogen and oxygen atoms in total. The van der Waals surface area contributed by atoms with Crippen LogP contribution in [0.2, 0.25) is 0 Å². The fourth-order valence-corrected chi connectivity index (χ4v) is 4.62. The molecule has 4 rings (SSSR count). The van der Waals surface area contributed by atoms with Gasteiger partial charge in [-0.15, -0.1) is 11.8 Å². The van der Waals surface area contributed by atoms with E-state index in [1.807, 2.05) is 12.1 Å². The SMILES string of the molecule is CCN1C(=S)NC(c2ccc(C)c(C)c2)C(c2nc(-c3ccc(SC)cc3)no2)=C1C. The number of nitrogens with one attached hydrogen (secondary N) is 1. The first-order valence-electron chi connectivity index (χ1n) is 10.3. The molecule has 0 radical (unpaired) electrons. The van der Waals surface area contributed by atoms with Gasteiger partial charge in [-0.05, 0) is 87.1 Å². The summed E-state index contributed by atoms with van der Waals surface area (Å²) in [5.41, 5.74) is 6.54. The Morgan fingerprint density at radius 1 is 1.10 bits per heavy atom. The number of aryl methyl sites for hydroxylation is 2. The van der Waals surface area contributed by atoms with Crippen LogP contribution >= 0.6 is 24.0 Å². The second kappa shape index (κ2) is 8.85. The second-order valence-corrected chi connectivity index (χ2v) is 8.89. The highest BCUT2D eigenvalue weighted by Gasteiger charge is 2.33. The Morgan fingerprint density at radius 2 is 1.84 bits per heavy atom. The van der Waals surface area contributed by atoms with Crippen molar-refractivity contribution in [2.75, 3.05) is 12.8 Å². The number of benzene rings is 2. The lowest BCUT2D eigenvalue weighted by Gasteiger charge is -2.36. The summed E-state index contributed by atoms with van der Waals surface area (Å²) < 4.78 is 5.79. The molecule has 2 heterocycles. The standard InChI is InChI=1S/C24H26N4OS2/c1-6-28-16(4)20(21(25-24(28)30)18-8-7-14(2)15(3)13-18)23-26-22(27-29-23)17-9-11-19(31-5)12-10-17/h7-13,21H,6H2,1-5H3,(H,25,30). The van der Waals surface area contributed by atoms with E-state index >= 15 is 0 Å². The van der Waals surface area contributed by atoms with Gasteiger partial charge < -0.3 is 14.7 Å². The molecule has 1 aliphatic rings. The van der Waals surface area contributed by atoms with Crippen LogP contribution in [0.3, 0.4) is 0 Å². The Hall–Kier alpha value is -2.64. The minimum absolute atomic E-state index is 0.151. The lowest BCUT2D eigenvalue weighted by Crippen LogP contribution is -2.45. The van der Waals surface area contributed by atoms with E-state index in [1.54, 1.807) is 11.8 Å². The highest BCUT2D eigenvalue weighted by molar-refractivity contribution is 7.98. The molecule has 1 N–H and O–H groups in total. The number of thiocarbonyl (C=S) groups is 1. The van der Waals surface area contributed by atoms with Crippen LogP contribution in [0, 0.1) is 13.8 Å². The number of thioether (sulfide) groups is 1. The molecule has 0 spiro atoms. The molecule has 0 aliphatic carbocycles. The zero-order valence-electron chi connectivity index (χ0n) is 18.4. The Kier molecular flexibility index (Phi) is 6.16. The summed E-state index contributed by atoms with van der Waals surface area (Å²) in [6.07, 6.45) is 2.06. The molecule has 1 unspecified atom stereocenters. The minimum Gasteiger partial charge on any atom is -0.351 e. The first-order chi connectivity index (χ1) is 14.9. The van der Waals surface area contributed by atoms with Gasteiger partial charge in [-0.1, -0.05) is 23.4 Å². The van der Waals surface area contributed by atoms with Crippen LogP contribution in [0.25, 0.3) is 17.0 Å². The van der Waals surface area contributed by atoms with Crippen molar-refractivity contribution in [3.63, 3.8) is 0 Å². The molecule has 2 aromatic carbocycles. The zero-order valence-corrected chi connectivity index (χ0v) is 20.0. The van der Waals surface area contributed by atoms with Gasteiger partial charge in [0.15, 0.2) is 5.11 Å². The van der Waals surface area contributed by atoms with Gasteiger partial charge in [0.2, 0.25) is 5.82 Å². The van der Waals surface area contributed by atoms with E-state index in [0.29, 0.717) is 16.8 Å². The maximum Gasteiger partial charge on any atom is 0.258 e. The lowest BCUT2D eigenvalue weighted by molar-refractivity contribution is 0.398. The number of nitrogens with zero attached hydrogens (tertiary/aromatic N) is 3. The van der Waals surface area contributed by atoms with E-state index in [1.165, 1.54) is 16.0 Å². The van der Waals surface area contributed by atoms with Gasteiger partial charge >= 0.3 is 0 Å². The number of allylic oxidation sites excluding steroid dienone is 1.